The van der Waals surface area contributed by atoms with E-state index < -0.39 is 0 Å². The zero-order valence-corrected chi connectivity index (χ0v) is 16.2. The summed E-state index contributed by atoms with van der Waals surface area (Å²) in [5.74, 6) is 1.66. The normalized spacial score (nSPS) is 11.0. The van der Waals surface area contributed by atoms with Crippen LogP contribution in [0.15, 0.2) is 54.6 Å². The highest BCUT2D eigenvalue weighted by Gasteiger charge is 2.12. The van der Waals surface area contributed by atoms with Crippen molar-refractivity contribution in [3.05, 3.63) is 81.4 Å². The van der Waals surface area contributed by atoms with Crippen LogP contribution < -0.4 is 5.32 Å². The van der Waals surface area contributed by atoms with Crippen LogP contribution in [-0.2, 0) is 6.42 Å². The highest BCUT2D eigenvalue weighted by atomic mass is 35.5. The van der Waals surface area contributed by atoms with Crippen LogP contribution in [0.3, 0.4) is 0 Å². The number of rotatable bonds is 4. The van der Waals surface area contributed by atoms with Crippen molar-refractivity contribution >= 4 is 44.7 Å². The zero-order chi connectivity index (χ0) is 18.1. The lowest BCUT2D eigenvalue weighted by Gasteiger charge is -2.11. The summed E-state index contributed by atoms with van der Waals surface area (Å²) >= 11 is 7.78. The van der Waals surface area contributed by atoms with Crippen LogP contribution >= 0.6 is 22.9 Å². The first kappa shape index (κ1) is 17.0. The van der Waals surface area contributed by atoms with Gasteiger partial charge in [0.15, 0.2) is 0 Å². The maximum Gasteiger partial charge on any atom is 0.142 e. The van der Waals surface area contributed by atoms with E-state index in [0.717, 1.165) is 38.1 Å². The highest BCUT2D eigenvalue weighted by Crippen LogP contribution is 2.32. The Bertz CT molecular complexity index is 1070. The van der Waals surface area contributed by atoms with Gasteiger partial charge in [0.2, 0.25) is 0 Å². The Balaban J connectivity index is 1.76. The van der Waals surface area contributed by atoms with Crippen molar-refractivity contribution in [2.45, 2.75) is 20.3 Å². The molecule has 5 heteroatoms. The fourth-order valence-corrected chi connectivity index (χ4v) is 4.06. The van der Waals surface area contributed by atoms with Gasteiger partial charge in [0, 0.05) is 22.0 Å². The average molecular weight is 380 g/mol. The van der Waals surface area contributed by atoms with Gasteiger partial charge >= 0.3 is 0 Å². The topological polar surface area (TPSA) is 37.8 Å². The molecular formula is C21H18ClN3S. The lowest BCUT2D eigenvalue weighted by atomic mass is 10.1. The molecule has 0 spiro atoms. The van der Waals surface area contributed by atoms with Crippen molar-refractivity contribution in [3.63, 3.8) is 0 Å². The maximum absolute atomic E-state index is 6.08. The minimum Gasteiger partial charge on any atom is -0.339 e. The van der Waals surface area contributed by atoms with Gasteiger partial charge in [-0.15, -0.1) is 11.3 Å². The van der Waals surface area contributed by atoms with Crippen molar-refractivity contribution in [2.75, 3.05) is 5.32 Å². The van der Waals surface area contributed by atoms with Crippen LogP contribution in [0.2, 0.25) is 5.02 Å². The van der Waals surface area contributed by atoms with Gasteiger partial charge in [-0.2, -0.15) is 0 Å². The molecule has 26 heavy (non-hydrogen) atoms. The number of thiophene rings is 1. The van der Waals surface area contributed by atoms with Crippen LogP contribution in [0, 0.1) is 13.8 Å². The van der Waals surface area contributed by atoms with Crippen molar-refractivity contribution < 1.29 is 0 Å². The van der Waals surface area contributed by atoms with Gasteiger partial charge in [0.1, 0.15) is 16.5 Å². The molecule has 0 unspecified atom stereocenters. The average Bonchev–Trinajstić information content (AvgIpc) is 2.99. The van der Waals surface area contributed by atoms with Crippen molar-refractivity contribution in [1.82, 2.24) is 9.97 Å². The molecule has 0 amide bonds. The first-order valence-corrected chi connectivity index (χ1v) is 9.62. The molecule has 1 N–H and O–H groups in total. The number of hydrogen-bond donors (Lipinski definition) is 1. The predicted molar refractivity (Wildman–Crippen MR) is 111 cm³/mol. The van der Waals surface area contributed by atoms with E-state index in [1.165, 1.54) is 10.4 Å². The molecular weight excluding hydrogens is 362 g/mol. The molecule has 4 rings (SSSR count). The summed E-state index contributed by atoms with van der Waals surface area (Å²) in [6, 6.07) is 18.3. The van der Waals surface area contributed by atoms with E-state index >= 15 is 0 Å². The zero-order valence-electron chi connectivity index (χ0n) is 14.6. The minimum absolute atomic E-state index is 0.710. The Labute approximate surface area is 161 Å². The molecule has 0 aliphatic carbocycles. The molecule has 0 aliphatic rings. The molecule has 4 aromatic rings. The monoisotopic (exact) mass is 379 g/mol. The van der Waals surface area contributed by atoms with E-state index in [-0.39, 0.29) is 0 Å². The maximum atomic E-state index is 6.08. The second-order valence-corrected chi connectivity index (χ2v) is 7.98. The number of halogens is 1. The number of aromatic nitrogens is 2. The van der Waals surface area contributed by atoms with Crippen molar-refractivity contribution in [2.24, 2.45) is 0 Å². The summed E-state index contributed by atoms with van der Waals surface area (Å²) in [5, 5.41) is 5.27. The van der Waals surface area contributed by atoms with Gasteiger partial charge in [-0.3, -0.25) is 0 Å². The molecule has 3 nitrogen and oxygen atoms in total. The molecule has 2 aromatic heterocycles. The van der Waals surface area contributed by atoms with E-state index in [1.807, 2.05) is 43.3 Å². The standard InChI is InChI=1S/C21H18ClN3S/c1-13-10-16(22)8-9-18(13)23-20-17-11-14(2)26-21(17)25-19(24-20)12-15-6-4-3-5-7-15/h3-11H,12H2,1-2H3,(H,23,24,25). The third-order valence-corrected chi connectivity index (χ3v) is 5.39. The Morgan fingerprint density at radius 1 is 1.00 bits per heavy atom. The van der Waals surface area contributed by atoms with Gasteiger partial charge in [-0.25, -0.2) is 9.97 Å². The molecule has 2 aromatic carbocycles. The third-order valence-electron chi connectivity index (χ3n) is 4.21. The summed E-state index contributed by atoms with van der Waals surface area (Å²) in [5.41, 5.74) is 3.29. The van der Waals surface area contributed by atoms with E-state index in [9.17, 15) is 0 Å². The van der Waals surface area contributed by atoms with Gasteiger partial charge in [0.05, 0.1) is 5.39 Å². The lowest BCUT2D eigenvalue weighted by Crippen LogP contribution is -2.02. The molecule has 0 bridgehead atoms. The summed E-state index contributed by atoms with van der Waals surface area (Å²) in [6.45, 7) is 4.14. The van der Waals surface area contributed by atoms with Crippen LogP contribution in [-0.4, -0.2) is 9.97 Å². The Kier molecular flexibility index (Phi) is 4.62. The van der Waals surface area contributed by atoms with Crippen LogP contribution in [0.4, 0.5) is 11.5 Å². The van der Waals surface area contributed by atoms with Gasteiger partial charge < -0.3 is 5.32 Å². The highest BCUT2D eigenvalue weighted by molar-refractivity contribution is 7.18. The SMILES string of the molecule is Cc1cc2c(Nc3ccc(Cl)cc3C)nc(Cc3ccccc3)nc2s1. The van der Waals surface area contributed by atoms with E-state index in [0.29, 0.717) is 6.42 Å². The summed E-state index contributed by atoms with van der Waals surface area (Å²) in [6.07, 6.45) is 0.710. The fourth-order valence-electron chi connectivity index (χ4n) is 2.93. The number of hydrogen-bond acceptors (Lipinski definition) is 4. The second-order valence-electron chi connectivity index (χ2n) is 6.31. The number of fused-ring (bicyclic) bond motifs is 1. The van der Waals surface area contributed by atoms with Gasteiger partial charge in [-0.1, -0.05) is 41.9 Å². The number of aryl methyl sites for hydroxylation is 2. The van der Waals surface area contributed by atoms with Gasteiger partial charge in [-0.05, 0) is 49.2 Å². The molecule has 0 saturated heterocycles. The van der Waals surface area contributed by atoms with Crippen LogP contribution in [0.1, 0.15) is 21.8 Å². The number of benzene rings is 2. The van der Waals surface area contributed by atoms with Crippen molar-refractivity contribution in [1.29, 1.82) is 0 Å². The van der Waals surface area contributed by atoms with Gasteiger partial charge in [0.25, 0.3) is 0 Å². The molecule has 0 atom stereocenters. The predicted octanol–water partition coefficient (Wildman–Crippen LogP) is 6.30. The number of nitrogens with one attached hydrogen (secondary N) is 1. The summed E-state index contributed by atoms with van der Waals surface area (Å²) in [4.78, 5) is 11.8. The minimum atomic E-state index is 0.710. The Morgan fingerprint density at radius 2 is 1.81 bits per heavy atom. The lowest BCUT2D eigenvalue weighted by molar-refractivity contribution is 0.999. The van der Waals surface area contributed by atoms with Crippen molar-refractivity contribution in [3.8, 4) is 0 Å². The fraction of sp³-hybridized carbons (Fsp3) is 0.143. The van der Waals surface area contributed by atoms with E-state index in [2.05, 4.69) is 30.4 Å². The number of nitrogens with zero attached hydrogens (tertiary/aromatic N) is 2. The molecule has 130 valence electrons. The summed E-state index contributed by atoms with van der Waals surface area (Å²) in [7, 11) is 0. The Hall–Kier alpha value is -2.43. The molecule has 0 fully saturated rings. The van der Waals surface area contributed by atoms with E-state index in [4.69, 9.17) is 21.6 Å². The van der Waals surface area contributed by atoms with Crippen LogP contribution in [0.25, 0.3) is 10.2 Å². The summed E-state index contributed by atoms with van der Waals surface area (Å²) < 4.78 is 0. The molecule has 0 aliphatic heterocycles. The number of anilines is 2. The Morgan fingerprint density at radius 3 is 2.58 bits per heavy atom. The second kappa shape index (κ2) is 7.06. The third kappa shape index (κ3) is 3.57. The quantitative estimate of drug-likeness (QED) is 0.452. The smallest absolute Gasteiger partial charge is 0.142 e. The molecule has 0 radical (unpaired) electrons. The molecule has 0 saturated carbocycles. The largest absolute Gasteiger partial charge is 0.339 e. The molecule has 2 heterocycles. The van der Waals surface area contributed by atoms with E-state index in [1.54, 1.807) is 11.3 Å². The van der Waals surface area contributed by atoms with Crippen LogP contribution in [0.5, 0.6) is 0 Å². The first-order chi connectivity index (χ1) is 12.6. The first-order valence-electron chi connectivity index (χ1n) is 8.42.